The molecule has 6 nitrogen and oxygen atoms in total. The first-order valence-corrected chi connectivity index (χ1v) is 12.2. The molecule has 0 aromatic carbocycles. The van der Waals surface area contributed by atoms with Crippen LogP contribution in [0.4, 0.5) is 0 Å². The Kier molecular flexibility index (Phi) is 6.83. The van der Waals surface area contributed by atoms with Crippen LogP contribution in [0.1, 0.15) is 98.7 Å². The van der Waals surface area contributed by atoms with E-state index < -0.39 is 17.4 Å². The highest BCUT2D eigenvalue weighted by molar-refractivity contribution is 5.98. The summed E-state index contributed by atoms with van der Waals surface area (Å²) in [6, 6.07) is 1.80. The van der Waals surface area contributed by atoms with Gasteiger partial charge in [-0.3, -0.25) is 9.59 Å². The molecule has 31 heavy (non-hydrogen) atoms. The number of nitrogens with one attached hydrogen (secondary N) is 1. The third-order valence-electron chi connectivity index (χ3n) is 7.65. The number of methoxy groups -OCH3 is 1. The van der Waals surface area contributed by atoms with Crippen LogP contribution in [0.2, 0.25) is 0 Å². The number of hydrogen-bond donors (Lipinski definition) is 1. The molecular weight excluding hydrogens is 392 g/mol. The zero-order chi connectivity index (χ0) is 21.8. The SMILES string of the molecule is COC(=O)C1(NC(=O)c2cc3c(n(CC4CCCCC4)c2=O)CCCC3)CCCCC1. The lowest BCUT2D eigenvalue weighted by atomic mass is 9.81. The van der Waals surface area contributed by atoms with Gasteiger partial charge in [-0.15, -0.1) is 0 Å². The van der Waals surface area contributed by atoms with E-state index in [1.54, 1.807) is 6.07 Å². The van der Waals surface area contributed by atoms with Crippen molar-refractivity contribution >= 4 is 11.9 Å². The predicted molar refractivity (Wildman–Crippen MR) is 119 cm³/mol. The zero-order valence-electron chi connectivity index (χ0n) is 18.8. The molecule has 3 aliphatic carbocycles. The molecule has 0 unspecified atom stereocenters. The van der Waals surface area contributed by atoms with Gasteiger partial charge in [0, 0.05) is 12.2 Å². The van der Waals surface area contributed by atoms with Crippen molar-refractivity contribution in [3.05, 3.63) is 33.2 Å². The van der Waals surface area contributed by atoms with Crippen LogP contribution in [0.3, 0.4) is 0 Å². The Bertz CT molecular complexity index is 876. The van der Waals surface area contributed by atoms with E-state index in [1.165, 1.54) is 26.4 Å². The average Bonchev–Trinajstić information content (AvgIpc) is 2.81. The number of aryl methyl sites for hydroxylation is 1. The standard InChI is InChI=1S/C25H36N2O4/c1-31-24(30)25(14-8-3-9-15-25)26-22(28)20-16-19-12-6-7-13-21(19)27(23(20)29)17-18-10-4-2-5-11-18/h16,18H,2-15,17H2,1H3,(H,26,28). The molecule has 4 rings (SSSR count). The summed E-state index contributed by atoms with van der Waals surface area (Å²) in [6.45, 7) is 0.713. The topological polar surface area (TPSA) is 77.4 Å². The van der Waals surface area contributed by atoms with Gasteiger partial charge in [-0.2, -0.15) is 0 Å². The van der Waals surface area contributed by atoms with Gasteiger partial charge in [0.25, 0.3) is 11.5 Å². The van der Waals surface area contributed by atoms with Crippen molar-refractivity contribution in [2.24, 2.45) is 5.92 Å². The lowest BCUT2D eigenvalue weighted by Crippen LogP contribution is -2.57. The molecule has 0 atom stereocenters. The van der Waals surface area contributed by atoms with E-state index in [0.717, 1.165) is 69.0 Å². The van der Waals surface area contributed by atoms with Crippen molar-refractivity contribution in [1.82, 2.24) is 9.88 Å². The second-order valence-corrected chi connectivity index (χ2v) is 9.75. The van der Waals surface area contributed by atoms with Crippen LogP contribution in [0.25, 0.3) is 0 Å². The van der Waals surface area contributed by atoms with Crippen molar-refractivity contribution in [2.75, 3.05) is 7.11 Å². The molecule has 1 N–H and O–H groups in total. The first-order valence-electron chi connectivity index (χ1n) is 12.2. The second-order valence-electron chi connectivity index (χ2n) is 9.75. The van der Waals surface area contributed by atoms with Crippen LogP contribution in [-0.4, -0.2) is 29.1 Å². The number of aromatic nitrogens is 1. The van der Waals surface area contributed by atoms with E-state index in [4.69, 9.17) is 4.74 Å². The third kappa shape index (κ3) is 4.58. The third-order valence-corrected chi connectivity index (χ3v) is 7.65. The number of fused-ring (bicyclic) bond motifs is 1. The van der Waals surface area contributed by atoms with Gasteiger partial charge in [-0.05, 0) is 68.9 Å². The fourth-order valence-corrected chi connectivity index (χ4v) is 5.88. The molecule has 1 heterocycles. The maximum absolute atomic E-state index is 13.5. The summed E-state index contributed by atoms with van der Waals surface area (Å²) < 4.78 is 6.95. The van der Waals surface area contributed by atoms with Crippen LogP contribution in [-0.2, 0) is 28.9 Å². The summed E-state index contributed by atoms with van der Waals surface area (Å²) in [6.07, 6.45) is 13.9. The highest BCUT2D eigenvalue weighted by Gasteiger charge is 2.42. The largest absolute Gasteiger partial charge is 0.467 e. The van der Waals surface area contributed by atoms with Gasteiger partial charge in [-0.25, -0.2) is 4.79 Å². The van der Waals surface area contributed by atoms with Gasteiger partial charge < -0.3 is 14.6 Å². The minimum atomic E-state index is -1.01. The summed E-state index contributed by atoms with van der Waals surface area (Å²) >= 11 is 0. The van der Waals surface area contributed by atoms with Gasteiger partial charge in [0.2, 0.25) is 0 Å². The summed E-state index contributed by atoms with van der Waals surface area (Å²) in [5.41, 5.74) is 1.23. The van der Waals surface area contributed by atoms with E-state index in [0.29, 0.717) is 25.3 Å². The van der Waals surface area contributed by atoms with Gasteiger partial charge >= 0.3 is 5.97 Å². The van der Waals surface area contributed by atoms with Crippen LogP contribution < -0.4 is 10.9 Å². The molecule has 1 amide bonds. The van der Waals surface area contributed by atoms with Crippen LogP contribution in [0.15, 0.2) is 10.9 Å². The monoisotopic (exact) mass is 428 g/mol. The minimum Gasteiger partial charge on any atom is -0.467 e. The molecule has 1 aromatic rings. The predicted octanol–water partition coefficient (Wildman–Crippen LogP) is 3.91. The van der Waals surface area contributed by atoms with E-state index in [9.17, 15) is 14.4 Å². The average molecular weight is 429 g/mol. The van der Waals surface area contributed by atoms with Crippen molar-refractivity contribution in [2.45, 2.75) is 102 Å². The molecule has 2 fully saturated rings. The van der Waals surface area contributed by atoms with E-state index in [1.807, 2.05) is 4.57 Å². The molecule has 0 saturated heterocycles. The number of ether oxygens (including phenoxy) is 1. The number of rotatable bonds is 5. The van der Waals surface area contributed by atoms with Crippen LogP contribution in [0.5, 0.6) is 0 Å². The highest BCUT2D eigenvalue weighted by atomic mass is 16.5. The fraction of sp³-hybridized carbons (Fsp3) is 0.720. The number of amides is 1. The second kappa shape index (κ2) is 9.58. The van der Waals surface area contributed by atoms with E-state index in [-0.39, 0.29) is 11.1 Å². The maximum atomic E-state index is 13.5. The number of hydrogen-bond acceptors (Lipinski definition) is 4. The van der Waals surface area contributed by atoms with Crippen molar-refractivity contribution < 1.29 is 14.3 Å². The number of nitrogens with zero attached hydrogens (tertiary/aromatic N) is 1. The van der Waals surface area contributed by atoms with Crippen molar-refractivity contribution in [1.29, 1.82) is 0 Å². The normalized spacial score (nSPS) is 21.2. The summed E-state index contributed by atoms with van der Waals surface area (Å²) in [4.78, 5) is 39.5. The highest BCUT2D eigenvalue weighted by Crippen LogP contribution is 2.30. The Morgan fingerprint density at radius 2 is 1.71 bits per heavy atom. The van der Waals surface area contributed by atoms with E-state index in [2.05, 4.69) is 5.32 Å². The molecule has 0 spiro atoms. The summed E-state index contributed by atoms with van der Waals surface area (Å²) in [5.74, 6) is -0.320. The molecule has 1 aromatic heterocycles. The number of pyridine rings is 1. The molecule has 2 saturated carbocycles. The molecule has 0 bridgehead atoms. The van der Waals surface area contributed by atoms with Crippen molar-refractivity contribution in [3.63, 3.8) is 0 Å². The Balaban J connectivity index is 1.67. The molecule has 0 radical (unpaired) electrons. The lowest BCUT2D eigenvalue weighted by Gasteiger charge is -2.35. The van der Waals surface area contributed by atoms with Gasteiger partial charge in [0.05, 0.1) is 7.11 Å². The first-order chi connectivity index (χ1) is 15.0. The van der Waals surface area contributed by atoms with Gasteiger partial charge in [-0.1, -0.05) is 38.5 Å². The molecule has 170 valence electrons. The lowest BCUT2D eigenvalue weighted by molar-refractivity contribution is -0.149. The number of carbonyl (C=O) groups excluding carboxylic acids is 2. The molecular formula is C25H36N2O4. The quantitative estimate of drug-likeness (QED) is 0.721. The Morgan fingerprint density at radius 1 is 1.03 bits per heavy atom. The summed E-state index contributed by atoms with van der Waals surface area (Å²) in [5, 5.41) is 2.95. The summed E-state index contributed by atoms with van der Waals surface area (Å²) in [7, 11) is 1.36. The van der Waals surface area contributed by atoms with Gasteiger partial charge in [0.15, 0.2) is 0 Å². The first kappa shape index (κ1) is 22.1. The number of esters is 1. The molecule has 3 aliphatic rings. The molecule has 6 heteroatoms. The van der Waals surface area contributed by atoms with E-state index >= 15 is 0 Å². The van der Waals surface area contributed by atoms with Crippen LogP contribution >= 0.6 is 0 Å². The zero-order valence-corrected chi connectivity index (χ0v) is 18.8. The number of carbonyl (C=O) groups is 2. The van der Waals surface area contributed by atoms with Gasteiger partial charge in [0.1, 0.15) is 11.1 Å². The Morgan fingerprint density at radius 3 is 2.42 bits per heavy atom. The smallest absolute Gasteiger partial charge is 0.331 e. The maximum Gasteiger partial charge on any atom is 0.331 e. The fourth-order valence-electron chi connectivity index (χ4n) is 5.88. The minimum absolute atomic E-state index is 0.185. The van der Waals surface area contributed by atoms with Crippen molar-refractivity contribution in [3.8, 4) is 0 Å². The molecule has 0 aliphatic heterocycles. The van der Waals surface area contributed by atoms with Crippen LogP contribution in [0, 0.1) is 5.92 Å². The Hall–Kier alpha value is -2.11. The Labute approximate surface area is 184 Å².